The lowest BCUT2D eigenvalue weighted by Gasteiger charge is -2.36. The Morgan fingerprint density at radius 2 is 1.59 bits per heavy atom. The molecule has 0 bridgehead atoms. The SMILES string of the molecule is N#Cc1cc(N2CCN(c3nnnn3-c3ccccc3)CC2)c2ccccc2n1. The highest BCUT2D eigenvalue weighted by atomic mass is 15.6. The van der Waals surface area contributed by atoms with Crippen LogP contribution in [0.15, 0.2) is 60.7 Å². The van der Waals surface area contributed by atoms with Crippen molar-refractivity contribution in [3.63, 3.8) is 0 Å². The van der Waals surface area contributed by atoms with Crippen LogP contribution in [-0.2, 0) is 0 Å². The molecule has 0 radical (unpaired) electrons. The van der Waals surface area contributed by atoms with Crippen LogP contribution in [-0.4, -0.2) is 51.4 Å². The Labute approximate surface area is 167 Å². The van der Waals surface area contributed by atoms with Gasteiger partial charge in [-0.1, -0.05) is 41.5 Å². The van der Waals surface area contributed by atoms with E-state index in [2.05, 4.69) is 42.4 Å². The van der Waals surface area contributed by atoms with Crippen molar-refractivity contribution in [3.8, 4) is 11.8 Å². The van der Waals surface area contributed by atoms with E-state index >= 15 is 0 Å². The van der Waals surface area contributed by atoms with Gasteiger partial charge in [0.2, 0.25) is 5.95 Å². The van der Waals surface area contributed by atoms with Crippen LogP contribution in [0.1, 0.15) is 5.69 Å². The molecule has 1 aliphatic rings. The van der Waals surface area contributed by atoms with Gasteiger partial charge in [0.05, 0.1) is 11.2 Å². The summed E-state index contributed by atoms with van der Waals surface area (Å²) in [5, 5.41) is 22.7. The third-order valence-electron chi connectivity index (χ3n) is 5.17. The van der Waals surface area contributed by atoms with Crippen LogP contribution in [0.4, 0.5) is 11.6 Å². The van der Waals surface area contributed by atoms with Crippen LogP contribution >= 0.6 is 0 Å². The lowest BCUT2D eigenvalue weighted by Crippen LogP contribution is -2.47. The number of nitriles is 1. The van der Waals surface area contributed by atoms with Crippen molar-refractivity contribution < 1.29 is 0 Å². The maximum Gasteiger partial charge on any atom is 0.250 e. The normalized spacial score (nSPS) is 14.2. The van der Waals surface area contributed by atoms with Gasteiger partial charge in [-0.05, 0) is 34.7 Å². The Balaban J connectivity index is 1.41. The summed E-state index contributed by atoms with van der Waals surface area (Å²) < 4.78 is 1.77. The molecule has 0 spiro atoms. The molecule has 0 aliphatic carbocycles. The highest BCUT2D eigenvalue weighted by Gasteiger charge is 2.23. The number of para-hydroxylation sites is 2. The first-order valence-electron chi connectivity index (χ1n) is 9.47. The first-order valence-corrected chi connectivity index (χ1v) is 9.47. The van der Waals surface area contributed by atoms with Crippen LogP contribution in [0.2, 0.25) is 0 Å². The van der Waals surface area contributed by atoms with Gasteiger partial charge in [0.15, 0.2) is 0 Å². The number of aromatic nitrogens is 5. The van der Waals surface area contributed by atoms with E-state index in [1.165, 1.54) is 0 Å². The van der Waals surface area contributed by atoms with Gasteiger partial charge >= 0.3 is 0 Å². The minimum Gasteiger partial charge on any atom is -0.367 e. The molecule has 0 amide bonds. The van der Waals surface area contributed by atoms with E-state index in [4.69, 9.17) is 0 Å². The Morgan fingerprint density at radius 3 is 2.38 bits per heavy atom. The van der Waals surface area contributed by atoms with Crippen molar-refractivity contribution in [2.24, 2.45) is 0 Å². The molecule has 1 saturated heterocycles. The lowest BCUT2D eigenvalue weighted by atomic mass is 10.1. The van der Waals surface area contributed by atoms with Gasteiger partial charge < -0.3 is 9.80 Å². The zero-order chi connectivity index (χ0) is 19.6. The standard InChI is InChI=1S/C21H18N8/c22-15-16-14-20(18-8-4-5-9-19(18)23-16)27-10-12-28(13-11-27)21-24-25-26-29(21)17-6-2-1-3-7-17/h1-9,14H,10-13H2. The minimum absolute atomic E-state index is 0.439. The first kappa shape index (κ1) is 17.1. The lowest BCUT2D eigenvalue weighted by molar-refractivity contribution is 0.632. The number of tetrazole rings is 1. The smallest absolute Gasteiger partial charge is 0.250 e. The monoisotopic (exact) mass is 382 g/mol. The summed E-state index contributed by atoms with van der Waals surface area (Å²) in [6.45, 7) is 3.18. The van der Waals surface area contributed by atoms with Crippen molar-refractivity contribution in [2.45, 2.75) is 0 Å². The average Bonchev–Trinajstić information content (AvgIpc) is 3.29. The highest BCUT2D eigenvalue weighted by Crippen LogP contribution is 2.28. The number of hydrogen-bond donors (Lipinski definition) is 0. The number of pyridine rings is 1. The predicted molar refractivity (Wildman–Crippen MR) is 110 cm³/mol. The van der Waals surface area contributed by atoms with Crippen LogP contribution < -0.4 is 9.80 Å². The number of anilines is 2. The molecule has 1 aliphatic heterocycles. The topological polar surface area (TPSA) is 86.8 Å². The van der Waals surface area contributed by atoms with Gasteiger partial charge in [-0.2, -0.15) is 9.94 Å². The molecule has 5 rings (SSSR count). The zero-order valence-corrected chi connectivity index (χ0v) is 15.7. The number of benzene rings is 2. The van der Waals surface area contributed by atoms with Crippen LogP contribution in [0.25, 0.3) is 16.6 Å². The fourth-order valence-electron chi connectivity index (χ4n) is 3.74. The Kier molecular flexibility index (Phi) is 4.26. The van der Waals surface area contributed by atoms with E-state index in [0.29, 0.717) is 5.69 Å². The van der Waals surface area contributed by atoms with Crippen LogP contribution in [0.5, 0.6) is 0 Å². The second-order valence-corrected chi connectivity index (χ2v) is 6.86. The molecule has 0 saturated carbocycles. The van der Waals surface area contributed by atoms with Crippen molar-refractivity contribution in [3.05, 3.63) is 66.4 Å². The van der Waals surface area contributed by atoms with E-state index in [1.807, 2.05) is 54.6 Å². The number of fused-ring (bicyclic) bond motifs is 1. The molecular weight excluding hydrogens is 364 g/mol. The van der Waals surface area contributed by atoms with E-state index in [9.17, 15) is 5.26 Å². The fraction of sp³-hybridized carbons (Fsp3) is 0.190. The third kappa shape index (κ3) is 3.12. The Morgan fingerprint density at radius 1 is 0.862 bits per heavy atom. The van der Waals surface area contributed by atoms with Gasteiger partial charge in [0.25, 0.3) is 0 Å². The van der Waals surface area contributed by atoms with Crippen molar-refractivity contribution in [2.75, 3.05) is 36.0 Å². The molecule has 8 nitrogen and oxygen atoms in total. The molecule has 0 unspecified atom stereocenters. The summed E-state index contributed by atoms with van der Waals surface area (Å²) in [7, 11) is 0. The Hall–Kier alpha value is -3.99. The van der Waals surface area contributed by atoms with Gasteiger partial charge in [-0.15, -0.1) is 0 Å². The maximum absolute atomic E-state index is 9.36. The largest absolute Gasteiger partial charge is 0.367 e. The summed E-state index contributed by atoms with van der Waals surface area (Å²) in [6.07, 6.45) is 0. The number of piperazine rings is 1. The summed E-state index contributed by atoms with van der Waals surface area (Å²) in [4.78, 5) is 8.92. The fourth-order valence-corrected chi connectivity index (χ4v) is 3.74. The van der Waals surface area contributed by atoms with Gasteiger partial charge in [0, 0.05) is 37.3 Å². The summed E-state index contributed by atoms with van der Waals surface area (Å²) >= 11 is 0. The summed E-state index contributed by atoms with van der Waals surface area (Å²) in [5.74, 6) is 0.744. The quantitative estimate of drug-likeness (QED) is 0.538. The number of hydrogen-bond acceptors (Lipinski definition) is 7. The molecule has 2 aromatic heterocycles. The Bertz CT molecular complexity index is 1190. The number of rotatable bonds is 3. The summed E-state index contributed by atoms with van der Waals surface area (Å²) in [5.41, 5.74) is 3.27. The van der Waals surface area contributed by atoms with Crippen molar-refractivity contribution in [1.29, 1.82) is 5.26 Å². The predicted octanol–water partition coefficient (Wildman–Crippen LogP) is 2.41. The van der Waals surface area contributed by atoms with E-state index in [-0.39, 0.29) is 0 Å². The van der Waals surface area contributed by atoms with Crippen molar-refractivity contribution >= 4 is 22.5 Å². The molecule has 0 atom stereocenters. The van der Waals surface area contributed by atoms with E-state index in [1.54, 1.807) is 4.68 Å². The zero-order valence-electron chi connectivity index (χ0n) is 15.7. The molecule has 3 heterocycles. The molecule has 0 N–H and O–H groups in total. The van der Waals surface area contributed by atoms with E-state index in [0.717, 1.165) is 54.4 Å². The average molecular weight is 382 g/mol. The molecule has 4 aromatic rings. The molecular formula is C21H18N8. The third-order valence-corrected chi connectivity index (χ3v) is 5.17. The van der Waals surface area contributed by atoms with Crippen LogP contribution in [0, 0.1) is 11.3 Å². The first-order chi connectivity index (χ1) is 14.3. The molecule has 29 heavy (non-hydrogen) atoms. The van der Waals surface area contributed by atoms with E-state index < -0.39 is 0 Å². The molecule has 2 aromatic carbocycles. The highest BCUT2D eigenvalue weighted by molar-refractivity contribution is 5.92. The van der Waals surface area contributed by atoms with Gasteiger partial charge in [-0.25, -0.2) is 4.98 Å². The minimum atomic E-state index is 0.439. The second-order valence-electron chi connectivity index (χ2n) is 6.86. The second kappa shape index (κ2) is 7.20. The maximum atomic E-state index is 9.36. The van der Waals surface area contributed by atoms with Gasteiger partial charge in [-0.3, -0.25) is 0 Å². The molecule has 1 fully saturated rings. The molecule has 142 valence electrons. The van der Waals surface area contributed by atoms with Gasteiger partial charge in [0.1, 0.15) is 11.8 Å². The summed E-state index contributed by atoms with van der Waals surface area (Å²) in [6, 6.07) is 21.9. The number of nitrogens with zero attached hydrogens (tertiary/aromatic N) is 8. The molecule has 8 heteroatoms. The van der Waals surface area contributed by atoms with Crippen molar-refractivity contribution in [1.82, 2.24) is 25.2 Å². The van der Waals surface area contributed by atoms with Crippen LogP contribution in [0.3, 0.4) is 0 Å².